The first-order valence-corrected chi connectivity index (χ1v) is 14.8. The summed E-state index contributed by atoms with van der Waals surface area (Å²) in [6.07, 6.45) is 4.64. The molecule has 4 heterocycles. The largest absolute Gasteiger partial charge is 0.469 e. The van der Waals surface area contributed by atoms with Crippen molar-refractivity contribution < 1.29 is 40.4 Å². The number of benzene rings is 2. The van der Waals surface area contributed by atoms with Gasteiger partial charge in [0.1, 0.15) is 17.3 Å². The van der Waals surface area contributed by atoms with Crippen molar-refractivity contribution in [2.75, 3.05) is 13.1 Å². The predicted molar refractivity (Wildman–Crippen MR) is 162 cm³/mol. The molecular weight excluding hydrogens is 624 g/mol. The highest BCUT2D eigenvalue weighted by atomic mass is 32.1. The van der Waals surface area contributed by atoms with E-state index in [9.17, 15) is 27.2 Å². The highest BCUT2D eigenvalue weighted by molar-refractivity contribution is 7.10. The van der Waals surface area contributed by atoms with Crippen LogP contribution < -0.4 is 10.6 Å². The van der Waals surface area contributed by atoms with Gasteiger partial charge in [-0.05, 0) is 84.2 Å². The molecule has 6 aromatic rings. The molecule has 2 aromatic carbocycles. The van der Waals surface area contributed by atoms with Gasteiger partial charge in [0, 0.05) is 29.1 Å². The molecular formula is C34H26F4N2O5S. The van der Waals surface area contributed by atoms with E-state index in [0.717, 1.165) is 34.9 Å². The normalized spacial score (nSPS) is 11.5. The van der Waals surface area contributed by atoms with Crippen LogP contribution in [0.3, 0.4) is 0 Å². The quantitative estimate of drug-likeness (QED) is 0.147. The van der Waals surface area contributed by atoms with Crippen LogP contribution >= 0.6 is 11.3 Å². The zero-order chi connectivity index (χ0) is 32.5. The minimum Gasteiger partial charge on any atom is -0.469 e. The average molecular weight is 651 g/mol. The number of amides is 2. The van der Waals surface area contributed by atoms with Crippen LogP contribution in [0.4, 0.5) is 17.6 Å². The van der Waals surface area contributed by atoms with Gasteiger partial charge in [0.15, 0.2) is 23.3 Å². The van der Waals surface area contributed by atoms with Crippen LogP contribution in [0.1, 0.15) is 54.7 Å². The molecule has 0 saturated carbocycles. The summed E-state index contributed by atoms with van der Waals surface area (Å²) in [4.78, 5) is 25.3. The number of carbonyl (C=O) groups is 2. The van der Waals surface area contributed by atoms with E-state index < -0.39 is 35.1 Å². The van der Waals surface area contributed by atoms with Crippen LogP contribution in [0.2, 0.25) is 0 Å². The summed E-state index contributed by atoms with van der Waals surface area (Å²) in [6, 6.07) is 20.6. The molecule has 0 fully saturated rings. The van der Waals surface area contributed by atoms with Crippen molar-refractivity contribution >= 4 is 23.2 Å². The lowest BCUT2D eigenvalue weighted by Crippen LogP contribution is -2.28. The summed E-state index contributed by atoms with van der Waals surface area (Å²) in [5.41, 5.74) is 0.120. The second-order valence-electron chi connectivity index (χ2n) is 9.84. The van der Waals surface area contributed by atoms with Gasteiger partial charge in [-0.15, -0.1) is 11.3 Å². The molecule has 0 aliphatic rings. The van der Waals surface area contributed by atoms with E-state index in [4.69, 9.17) is 13.3 Å². The molecule has 46 heavy (non-hydrogen) atoms. The first-order chi connectivity index (χ1) is 22.3. The predicted octanol–water partition coefficient (Wildman–Crippen LogP) is 7.89. The van der Waals surface area contributed by atoms with E-state index in [2.05, 4.69) is 10.6 Å². The van der Waals surface area contributed by atoms with Gasteiger partial charge in [0.2, 0.25) is 0 Å². The summed E-state index contributed by atoms with van der Waals surface area (Å²) in [5, 5.41) is 7.36. The lowest BCUT2D eigenvalue weighted by molar-refractivity contribution is 0.0942. The van der Waals surface area contributed by atoms with Gasteiger partial charge in [-0.25, -0.2) is 17.6 Å². The fourth-order valence-corrected chi connectivity index (χ4v) is 5.34. The van der Waals surface area contributed by atoms with Gasteiger partial charge in [0.25, 0.3) is 11.8 Å². The molecule has 2 amide bonds. The van der Waals surface area contributed by atoms with Crippen LogP contribution in [0, 0.1) is 23.3 Å². The van der Waals surface area contributed by atoms with Crippen molar-refractivity contribution in [1.82, 2.24) is 10.6 Å². The van der Waals surface area contributed by atoms with Crippen LogP contribution in [0.25, 0.3) is 0 Å². The van der Waals surface area contributed by atoms with E-state index in [1.54, 1.807) is 47.9 Å². The molecule has 12 heteroatoms. The number of nitrogens with one attached hydrogen (secondary N) is 2. The third-order valence-electron chi connectivity index (χ3n) is 6.84. The SMILES string of the molecule is O=C(NCC(c1ccco1)c1ccco1)c1ccc(F)c(F)c1.O=C(NCC(c1ccco1)c1cccs1)c1ccc(F)c(F)c1. The molecule has 0 aliphatic heterocycles. The van der Waals surface area contributed by atoms with Gasteiger partial charge in [-0.2, -0.15) is 0 Å². The Labute approximate surface area is 264 Å². The zero-order valence-electron chi connectivity index (χ0n) is 23.9. The monoisotopic (exact) mass is 650 g/mol. The van der Waals surface area contributed by atoms with Crippen molar-refractivity contribution in [3.8, 4) is 0 Å². The molecule has 0 radical (unpaired) electrons. The molecule has 6 rings (SSSR count). The smallest absolute Gasteiger partial charge is 0.251 e. The van der Waals surface area contributed by atoms with Crippen molar-refractivity contribution in [3.05, 3.63) is 166 Å². The van der Waals surface area contributed by atoms with Crippen molar-refractivity contribution in [3.63, 3.8) is 0 Å². The molecule has 236 valence electrons. The lowest BCUT2D eigenvalue weighted by Gasteiger charge is -2.14. The standard InChI is InChI=1S/C17H13F2NO3.C17H13F2NO2S/c2*18-13-6-5-11(9-14(13)19)17(21)20-10-12(15-3-1-7-22-15)16-4-2-8-23-16/h2*1-9,12H,10H2,(H,20,21). The topological polar surface area (TPSA) is 97.6 Å². The number of halogens is 4. The molecule has 1 atom stereocenters. The maximum absolute atomic E-state index is 13.2. The molecule has 0 spiro atoms. The molecule has 1 unspecified atom stereocenters. The number of carbonyl (C=O) groups excluding carboxylic acids is 2. The fourth-order valence-electron chi connectivity index (χ4n) is 4.51. The zero-order valence-corrected chi connectivity index (χ0v) is 24.7. The number of thiophene rings is 1. The first kappa shape index (κ1) is 32.0. The van der Waals surface area contributed by atoms with Crippen LogP contribution in [0.15, 0.2) is 122 Å². The minimum atomic E-state index is -1.06. The van der Waals surface area contributed by atoms with Crippen LogP contribution in [-0.2, 0) is 0 Å². The Hall–Kier alpha value is -5.36. The van der Waals surface area contributed by atoms with E-state index in [-0.39, 0.29) is 29.5 Å². The van der Waals surface area contributed by atoms with Crippen LogP contribution in [0.5, 0.6) is 0 Å². The summed E-state index contributed by atoms with van der Waals surface area (Å²) >= 11 is 1.56. The van der Waals surface area contributed by atoms with Crippen LogP contribution in [-0.4, -0.2) is 24.9 Å². The Morgan fingerprint density at radius 3 is 1.43 bits per heavy atom. The third-order valence-corrected chi connectivity index (χ3v) is 7.83. The number of furan rings is 3. The van der Waals surface area contributed by atoms with E-state index in [1.165, 1.54) is 24.7 Å². The van der Waals surface area contributed by atoms with Crippen molar-refractivity contribution in [1.29, 1.82) is 0 Å². The first-order valence-electron chi connectivity index (χ1n) is 13.9. The van der Waals surface area contributed by atoms with E-state index in [1.807, 2.05) is 23.6 Å². The number of hydrogen-bond donors (Lipinski definition) is 2. The minimum absolute atomic E-state index is 0.0431. The summed E-state index contributed by atoms with van der Waals surface area (Å²) in [7, 11) is 0. The van der Waals surface area contributed by atoms with E-state index in [0.29, 0.717) is 18.1 Å². The maximum Gasteiger partial charge on any atom is 0.251 e. The highest BCUT2D eigenvalue weighted by Gasteiger charge is 2.22. The van der Waals surface area contributed by atoms with Gasteiger partial charge in [-0.3, -0.25) is 9.59 Å². The Morgan fingerprint density at radius 1 is 0.587 bits per heavy atom. The van der Waals surface area contributed by atoms with Gasteiger partial charge >= 0.3 is 0 Å². The van der Waals surface area contributed by atoms with Gasteiger partial charge < -0.3 is 23.9 Å². The second kappa shape index (κ2) is 15.1. The van der Waals surface area contributed by atoms with E-state index >= 15 is 0 Å². The average Bonchev–Trinajstić information content (AvgIpc) is 3.89. The summed E-state index contributed by atoms with van der Waals surface area (Å²) in [6.45, 7) is 0.491. The molecule has 0 aliphatic carbocycles. The molecule has 7 nitrogen and oxygen atoms in total. The number of rotatable bonds is 10. The van der Waals surface area contributed by atoms with Gasteiger partial charge in [-0.1, -0.05) is 6.07 Å². The van der Waals surface area contributed by atoms with Crippen molar-refractivity contribution in [2.24, 2.45) is 0 Å². The molecule has 2 N–H and O–H groups in total. The van der Waals surface area contributed by atoms with Gasteiger partial charge in [0.05, 0.1) is 30.6 Å². The summed E-state index contributed by atoms with van der Waals surface area (Å²) < 4.78 is 68.4. The number of hydrogen-bond acceptors (Lipinski definition) is 6. The third kappa shape index (κ3) is 8.02. The summed E-state index contributed by atoms with van der Waals surface area (Å²) in [5.74, 6) is -3.49. The van der Waals surface area contributed by atoms with Crippen molar-refractivity contribution in [2.45, 2.75) is 11.8 Å². The fraction of sp³-hybridized carbons (Fsp3) is 0.118. The molecule has 0 saturated heterocycles. The molecule has 0 bridgehead atoms. The Morgan fingerprint density at radius 2 is 1.04 bits per heavy atom. The Balaban J connectivity index is 0.000000181. The Bertz CT molecular complexity index is 1640. The maximum atomic E-state index is 13.2. The lowest BCUT2D eigenvalue weighted by atomic mass is 10.0. The molecule has 4 aromatic heterocycles. The Kier molecular flexibility index (Phi) is 10.5. The second-order valence-corrected chi connectivity index (χ2v) is 10.8. The highest BCUT2D eigenvalue weighted by Crippen LogP contribution is 2.28.